The molecule has 3 aromatic rings. The van der Waals surface area contributed by atoms with E-state index < -0.39 is 21.7 Å². The second kappa shape index (κ2) is 12.4. The van der Waals surface area contributed by atoms with Crippen molar-refractivity contribution in [1.82, 2.24) is 19.2 Å². The number of imidazole rings is 1. The van der Waals surface area contributed by atoms with Crippen LogP contribution in [0, 0.1) is 0 Å². The summed E-state index contributed by atoms with van der Waals surface area (Å²) in [7, 11) is -3.35. The molecule has 2 aromatic carbocycles. The molecule has 1 aliphatic carbocycles. The second-order valence-electron chi connectivity index (χ2n) is 12.2. The van der Waals surface area contributed by atoms with Gasteiger partial charge in [-0.1, -0.05) is 42.5 Å². The third kappa shape index (κ3) is 7.87. The number of sulfonamides is 1. The number of nitrogens with one attached hydrogen (secondary N) is 1. The number of carbonyl (C=O) groups is 1. The lowest BCUT2D eigenvalue weighted by Gasteiger charge is -2.34. The van der Waals surface area contributed by atoms with E-state index in [1.165, 1.54) is 28.3 Å². The van der Waals surface area contributed by atoms with E-state index in [1.807, 2.05) is 57.2 Å². The van der Waals surface area contributed by atoms with Crippen molar-refractivity contribution < 1.29 is 22.7 Å². The van der Waals surface area contributed by atoms with Crippen LogP contribution in [-0.4, -0.2) is 66.1 Å². The van der Waals surface area contributed by atoms with Gasteiger partial charge in [-0.3, -0.25) is 4.90 Å². The smallest absolute Gasteiger partial charge is 0.420 e. The minimum Gasteiger partial charge on any atom is -0.498 e. The summed E-state index contributed by atoms with van der Waals surface area (Å²) < 4.78 is 40.1. The first kappa shape index (κ1) is 30.0. The minimum absolute atomic E-state index is 0.0136. The maximum atomic E-state index is 12.6. The molecule has 1 aromatic heterocycles. The van der Waals surface area contributed by atoms with Crippen molar-refractivity contribution in [2.75, 3.05) is 19.3 Å². The predicted molar refractivity (Wildman–Crippen MR) is 164 cm³/mol. The third-order valence-electron chi connectivity index (χ3n) is 7.48. The molecule has 0 amide bonds. The first-order valence-corrected chi connectivity index (χ1v) is 16.3. The maximum absolute atomic E-state index is 12.6. The Hall–Kier alpha value is -3.47. The molecule has 224 valence electrons. The highest BCUT2D eigenvalue weighted by atomic mass is 32.2. The highest BCUT2D eigenvalue weighted by molar-refractivity contribution is 7.88. The Balaban J connectivity index is 1.24. The fourth-order valence-corrected chi connectivity index (χ4v) is 6.27. The molecule has 2 heterocycles. The van der Waals surface area contributed by atoms with Crippen LogP contribution in [0.2, 0.25) is 0 Å². The number of piperidine rings is 1. The zero-order valence-electron chi connectivity index (χ0n) is 24.7. The van der Waals surface area contributed by atoms with E-state index in [-0.39, 0.29) is 12.1 Å². The summed E-state index contributed by atoms with van der Waals surface area (Å²) in [6, 6.07) is 16.0. The molecule has 0 saturated carbocycles. The van der Waals surface area contributed by atoms with E-state index in [2.05, 4.69) is 32.8 Å². The average Bonchev–Trinajstić information content (AvgIpc) is 3.36. The molecule has 5 rings (SSSR count). The summed E-state index contributed by atoms with van der Waals surface area (Å²) in [6.07, 6.45) is 9.40. The SMILES string of the molecule is CC(C)(C)OC(=O)n1cnc2cc(C3=CCC(O/C=C4\CN(Cc5ccccc5)CC[C@@H]4NS(C)(=O)=O)CC3)ccc21. The van der Waals surface area contributed by atoms with E-state index >= 15 is 0 Å². The summed E-state index contributed by atoms with van der Waals surface area (Å²) >= 11 is 0. The van der Waals surface area contributed by atoms with Crippen LogP contribution in [0.1, 0.15) is 57.6 Å². The number of carbonyl (C=O) groups excluding carboxylic acids is 1. The van der Waals surface area contributed by atoms with Crippen molar-refractivity contribution in [1.29, 1.82) is 0 Å². The zero-order valence-corrected chi connectivity index (χ0v) is 25.6. The molecular weight excluding hydrogens is 552 g/mol. The zero-order chi connectivity index (χ0) is 29.9. The Morgan fingerprint density at radius 1 is 1.14 bits per heavy atom. The maximum Gasteiger partial charge on any atom is 0.420 e. The van der Waals surface area contributed by atoms with Gasteiger partial charge in [0.25, 0.3) is 0 Å². The molecular formula is C32H40N4O5S. The Morgan fingerprint density at radius 3 is 2.62 bits per heavy atom. The van der Waals surface area contributed by atoms with Crippen molar-refractivity contribution >= 4 is 32.7 Å². The van der Waals surface area contributed by atoms with Gasteiger partial charge in [-0.05, 0) is 74.4 Å². The molecule has 0 bridgehead atoms. The third-order valence-corrected chi connectivity index (χ3v) is 8.19. The quantitative estimate of drug-likeness (QED) is 0.363. The van der Waals surface area contributed by atoms with Crippen molar-refractivity contribution in [2.24, 2.45) is 0 Å². The summed E-state index contributed by atoms with van der Waals surface area (Å²) in [5.41, 5.74) is 5.34. The number of fused-ring (bicyclic) bond motifs is 1. The summed E-state index contributed by atoms with van der Waals surface area (Å²) in [4.78, 5) is 19.3. The molecule has 42 heavy (non-hydrogen) atoms. The van der Waals surface area contributed by atoms with Gasteiger partial charge in [0.1, 0.15) is 18.0 Å². The Kier molecular flexibility index (Phi) is 8.86. The molecule has 1 fully saturated rings. The number of aromatic nitrogens is 2. The Morgan fingerprint density at radius 2 is 1.93 bits per heavy atom. The number of nitrogens with zero attached hydrogens (tertiary/aromatic N) is 3. The van der Waals surface area contributed by atoms with E-state index in [4.69, 9.17) is 9.47 Å². The van der Waals surface area contributed by atoms with Crippen LogP contribution in [0.15, 0.2) is 72.8 Å². The second-order valence-corrected chi connectivity index (χ2v) is 14.0. The van der Waals surface area contributed by atoms with Crippen molar-refractivity contribution in [2.45, 2.75) is 70.7 Å². The summed E-state index contributed by atoms with van der Waals surface area (Å²) in [5, 5.41) is 0. The lowest BCUT2D eigenvalue weighted by Crippen LogP contribution is -2.46. The highest BCUT2D eigenvalue weighted by Crippen LogP contribution is 2.31. The van der Waals surface area contributed by atoms with Crippen LogP contribution in [0.5, 0.6) is 0 Å². The van der Waals surface area contributed by atoms with Crippen LogP contribution in [-0.2, 0) is 26.0 Å². The molecule has 2 atom stereocenters. The number of likely N-dealkylation sites (tertiary alicyclic amines) is 1. The number of rotatable bonds is 7. The minimum atomic E-state index is -3.35. The van der Waals surface area contributed by atoms with Gasteiger partial charge in [0, 0.05) is 32.1 Å². The van der Waals surface area contributed by atoms with Gasteiger partial charge in [-0.15, -0.1) is 0 Å². The Labute approximate surface area is 248 Å². The normalized spacial score (nSPS) is 21.3. The Bertz CT molecular complexity index is 1590. The number of hydrogen-bond acceptors (Lipinski definition) is 7. The molecule has 1 saturated heterocycles. The highest BCUT2D eigenvalue weighted by Gasteiger charge is 2.27. The first-order valence-electron chi connectivity index (χ1n) is 14.4. The van der Waals surface area contributed by atoms with Crippen molar-refractivity contribution in [3.05, 3.63) is 83.9 Å². The van der Waals surface area contributed by atoms with E-state index in [0.29, 0.717) is 18.5 Å². The van der Waals surface area contributed by atoms with Crippen molar-refractivity contribution in [3.8, 4) is 0 Å². The molecule has 0 radical (unpaired) electrons. The number of benzene rings is 2. The fraction of sp³-hybridized carbons (Fsp3) is 0.438. The van der Waals surface area contributed by atoms with Gasteiger partial charge < -0.3 is 9.47 Å². The van der Waals surface area contributed by atoms with Crippen LogP contribution in [0.4, 0.5) is 4.79 Å². The van der Waals surface area contributed by atoms with Gasteiger partial charge in [0.05, 0.1) is 23.6 Å². The van der Waals surface area contributed by atoms with Gasteiger partial charge in [-0.2, -0.15) is 0 Å². The molecule has 1 N–H and O–H groups in total. The van der Waals surface area contributed by atoms with Gasteiger partial charge >= 0.3 is 6.09 Å². The molecule has 1 unspecified atom stereocenters. The van der Waals surface area contributed by atoms with Crippen LogP contribution >= 0.6 is 0 Å². The molecule has 0 spiro atoms. The standard InChI is InChI=1S/C32H40N4O5S/c1-32(2,3)41-31(37)36-22-33-29-18-25(12-15-30(29)36)24-10-13-27(14-11-24)40-21-26-20-35(19-23-8-6-5-7-9-23)17-16-28(26)34-42(4,38)39/h5-10,12,15,18,21-22,27-28,34H,11,13-14,16-17,19-20H2,1-4H3/b26-21+/t27?,28-/m0/s1. The predicted octanol–water partition coefficient (Wildman–Crippen LogP) is 5.48. The molecule has 10 heteroatoms. The lowest BCUT2D eigenvalue weighted by atomic mass is 9.92. The molecule has 2 aliphatic rings. The van der Waals surface area contributed by atoms with E-state index in [9.17, 15) is 13.2 Å². The van der Waals surface area contributed by atoms with E-state index in [1.54, 1.807) is 6.26 Å². The van der Waals surface area contributed by atoms with Crippen LogP contribution < -0.4 is 4.72 Å². The first-order chi connectivity index (χ1) is 19.9. The topological polar surface area (TPSA) is 103 Å². The van der Waals surface area contributed by atoms with Gasteiger partial charge in [0.15, 0.2) is 0 Å². The number of ether oxygens (including phenoxy) is 2. The van der Waals surface area contributed by atoms with Crippen LogP contribution in [0.25, 0.3) is 16.6 Å². The summed E-state index contributed by atoms with van der Waals surface area (Å²) in [5.74, 6) is 0. The van der Waals surface area contributed by atoms with Gasteiger partial charge in [0.2, 0.25) is 10.0 Å². The van der Waals surface area contributed by atoms with E-state index in [0.717, 1.165) is 49.0 Å². The number of hydrogen-bond donors (Lipinski definition) is 1. The monoisotopic (exact) mass is 592 g/mol. The van der Waals surface area contributed by atoms with Gasteiger partial charge in [-0.25, -0.2) is 27.5 Å². The largest absolute Gasteiger partial charge is 0.498 e. The fourth-order valence-electron chi connectivity index (χ4n) is 5.48. The summed E-state index contributed by atoms with van der Waals surface area (Å²) in [6.45, 7) is 7.77. The van der Waals surface area contributed by atoms with Crippen LogP contribution in [0.3, 0.4) is 0 Å². The molecule has 1 aliphatic heterocycles. The average molecular weight is 593 g/mol. The number of allylic oxidation sites excluding steroid dienone is 1. The molecule has 9 nitrogen and oxygen atoms in total. The lowest BCUT2D eigenvalue weighted by molar-refractivity contribution is 0.0543. The van der Waals surface area contributed by atoms with Crippen molar-refractivity contribution in [3.63, 3.8) is 0 Å².